The van der Waals surface area contributed by atoms with Crippen molar-refractivity contribution in [2.75, 3.05) is 26.6 Å². The molecule has 2 heterocycles. The van der Waals surface area contributed by atoms with Crippen LogP contribution in [0.15, 0.2) is 85.2 Å². The van der Waals surface area contributed by atoms with Crippen LogP contribution in [-0.4, -0.2) is 31.3 Å². The molecule has 5 aromatic rings. The zero-order valence-electron chi connectivity index (χ0n) is 20.7. The van der Waals surface area contributed by atoms with Gasteiger partial charge in [0.05, 0.1) is 26.9 Å². The first-order valence-corrected chi connectivity index (χ1v) is 11.9. The number of nitrogens with zero attached hydrogens (tertiary/aromatic N) is 2. The standard InChI is InChI=1S/C30H25N3O4/c1-34-23-15-19(16-24(35-2)28(23)36-3)25-22-14-13-18-9-7-8-12-21(18)27(22)37-30-26(25)29(31-17-32-30)33-20-10-5-4-6-11-20/h4-17,25H,1-3H3,(H,31,32,33). The summed E-state index contributed by atoms with van der Waals surface area (Å²) in [7, 11) is 4.83. The number of hydrogen-bond donors (Lipinski definition) is 1. The minimum atomic E-state index is -0.274. The molecule has 37 heavy (non-hydrogen) atoms. The van der Waals surface area contributed by atoms with Gasteiger partial charge in [-0.05, 0) is 35.2 Å². The summed E-state index contributed by atoms with van der Waals surface area (Å²) >= 11 is 0. The van der Waals surface area contributed by atoms with Crippen molar-refractivity contribution in [3.05, 3.63) is 102 Å². The monoisotopic (exact) mass is 491 g/mol. The molecular formula is C30H25N3O4. The Hall–Kier alpha value is -4.78. The van der Waals surface area contributed by atoms with Crippen molar-refractivity contribution >= 4 is 22.3 Å². The minimum Gasteiger partial charge on any atom is -0.493 e. The quantitative estimate of drug-likeness (QED) is 0.278. The van der Waals surface area contributed by atoms with Crippen LogP contribution in [0, 0.1) is 0 Å². The van der Waals surface area contributed by atoms with Crippen molar-refractivity contribution in [2.24, 2.45) is 0 Å². The summed E-state index contributed by atoms with van der Waals surface area (Å²) < 4.78 is 23.5. The van der Waals surface area contributed by atoms with Crippen molar-refractivity contribution < 1.29 is 18.9 Å². The summed E-state index contributed by atoms with van der Waals surface area (Å²) in [5.41, 5.74) is 3.66. The van der Waals surface area contributed by atoms with Gasteiger partial charge in [-0.3, -0.25) is 0 Å². The molecule has 0 amide bonds. The van der Waals surface area contributed by atoms with Crippen molar-refractivity contribution in [1.29, 1.82) is 0 Å². The fraction of sp³-hybridized carbons (Fsp3) is 0.133. The molecule has 0 bridgehead atoms. The maximum atomic E-state index is 6.50. The lowest BCUT2D eigenvalue weighted by Crippen LogP contribution is -2.16. The normalized spacial score (nSPS) is 13.8. The first-order valence-electron chi connectivity index (χ1n) is 11.9. The molecule has 1 aromatic heterocycles. The molecule has 0 fully saturated rings. The third kappa shape index (κ3) is 3.85. The number of methoxy groups -OCH3 is 3. The van der Waals surface area contributed by atoms with Crippen LogP contribution in [0.2, 0.25) is 0 Å². The number of aromatic nitrogens is 2. The van der Waals surface area contributed by atoms with Crippen molar-refractivity contribution in [3.63, 3.8) is 0 Å². The van der Waals surface area contributed by atoms with Crippen molar-refractivity contribution in [1.82, 2.24) is 9.97 Å². The van der Waals surface area contributed by atoms with Crippen LogP contribution in [0.4, 0.5) is 11.5 Å². The SMILES string of the molecule is COc1cc(C2c3ccc4ccccc4c3Oc3ncnc(Nc4ccccc4)c32)cc(OC)c1OC. The van der Waals surface area contributed by atoms with E-state index in [1.807, 2.05) is 54.6 Å². The molecule has 1 unspecified atom stereocenters. The Bertz CT molecular complexity index is 1580. The highest BCUT2D eigenvalue weighted by atomic mass is 16.5. The maximum Gasteiger partial charge on any atom is 0.228 e. The van der Waals surface area contributed by atoms with Gasteiger partial charge in [0, 0.05) is 22.6 Å². The summed E-state index contributed by atoms with van der Waals surface area (Å²) in [6.45, 7) is 0. The zero-order valence-corrected chi connectivity index (χ0v) is 20.7. The van der Waals surface area contributed by atoms with Gasteiger partial charge in [-0.25, -0.2) is 9.97 Å². The molecule has 7 heteroatoms. The lowest BCUT2D eigenvalue weighted by Gasteiger charge is -2.30. The Morgan fingerprint density at radius 2 is 1.51 bits per heavy atom. The molecule has 4 aromatic carbocycles. The van der Waals surface area contributed by atoms with Gasteiger partial charge >= 0.3 is 0 Å². The number of benzene rings is 4. The fourth-order valence-electron chi connectivity index (χ4n) is 4.95. The highest BCUT2D eigenvalue weighted by Crippen LogP contribution is 2.53. The molecular weight excluding hydrogens is 466 g/mol. The van der Waals surface area contributed by atoms with E-state index in [2.05, 4.69) is 39.6 Å². The summed E-state index contributed by atoms with van der Waals surface area (Å²) in [6.07, 6.45) is 1.52. The van der Waals surface area contributed by atoms with Gasteiger partial charge in [0.2, 0.25) is 11.6 Å². The molecule has 1 aliphatic rings. The summed E-state index contributed by atoms with van der Waals surface area (Å²) in [4.78, 5) is 9.19. The molecule has 7 nitrogen and oxygen atoms in total. The van der Waals surface area contributed by atoms with Gasteiger partial charge in [-0.1, -0.05) is 54.6 Å². The van der Waals surface area contributed by atoms with Gasteiger partial charge in [0.15, 0.2) is 11.5 Å². The Kier molecular flexibility index (Phi) is 5.73. The number of nitrogens with one attached hydrogen (secondary N) is 1. The third-order valence-electron chi connectivity index (χ3n) is 6.61. The van der Waals surface area contributed by atoms with E-state index < -0.39 is 0 Å². The van der Waals surface area contributed by atoms with E-state index in [0.717, 1.165) is 38.9 Å². The highest BCUT2D eigenvalue weighted by Gasteiger charge is 2.35. The molecule has 0 spiro atoms. The number of fused-ring (bicyclic) bond motifs is 4. The second-order valence-electron chi connectivity index (χ2n) is 8.63. The average Bonchev–Trinajstić information content (AvgIpc) is 2.95. The molecule has 6 rings (SSSR count). The molecule has 0 radical (unpaired) electrons. The van der Waals surface area contributed by atoms with Gasteiger partial charge in [0.25, 0.3) is 0 Å². The molecule has 1 N–H and O–H groups in total. The molecule has 0 aliphatic carbocycles. The number of para-hydroxylation sites is 1. The van der Waals surface area contributed by atoms with Gasteiger partial charge < -0.3 is 24.3 Å². The molecule has 1 aliphatic heterocycles. The molecule has 184 valence electrons. The number of rotatable bonds is 6. The van der Waals surface area contributed by atoms with E-state index in [0.29, 0.717) is 28.9 Å². The van der Waals surface area contributed by atoms with Gasteiger partial charge in [-0.15, -0.1) is 0 Å². The summed E-state index contributed by atoms with van der Waals surface area (Å²) in [5, 5.41) is 5.56. The topological polar surface area (TPSA) is 74.7 Å². The van der Waals surface area contributed by atoms with Crippen LogP contribution in [-0.2, 0) is 0 Å². The van der Waals surface area contributed by atoms with E-state index in [1.165, 1.54) is 6.33 Å². The second-order valence-corrected chi connectivity index (χ2v) is 8.63. The van der Waals surface area contributed by atoms with Crippen molar-refractivity contribution in [3.8, 4) is 28.9 Å². The lowest BCUT2D eigenvalue weighted by molar-refractivity contribution is 0.323. The van der Waals surface area contributed by atoms with Gasteiger partial charge in [-0.2, -0.15) is 0 Å². The average molecular weight is 492 g/mol. The number of ether oxygens (including phenoxy) is 4. The Labute approximate surface area is 214 Å². The summed E-state index contributed by atoms with van der Waals surface area (Å²) in [6, 6.07) is 26.3. The van der Waals surface area contributed by atoms with Crippen LogP contribution >= 0.6 is 0 Å². The second kappa shape index (κ2) is 9.35. The number of hydrogen-bond acceptors (Lipinski definition) is 7. The van der Waals surface area contributed by atoms with E-state index in [1.54, 1.807) is 21.3 Å². The zero-order chi connectivity index (χ0) is 25.4. The van der Waals surface area contributed by atoms with E-state index >= 15 is 0 Å². The van der Waals surface area contributed by atoms with Crippen LogP contribution in [0.3, 0.4) is 0 Å². The van der Waals surface area contributed by atoms with Crippen molar-refractivity contribution in [2.45, 2.75) is 5.92 Å². The Morgan fingerprint density at radius 1 is 0.784 bits per heavy atom. The third-order valence-corrected chi connectivity index (χ3v) is 6.61. The predicted octanol–water partition coefficient (Wildman–Crippen LogP) is 6.69. The Morgan fingerprint density at radius 3 is 2.24 bits per heavy atom. The van der Waals surface area contributed by atoms with Crippen LogP contribution in [0.1, 0.15) is 22.6 Å². The first kappa shape index (κ1) is 22.7. The molecule has 0 saturated heterocycles. The van der Waals surface area contributed by atoms with Crippen LogP contribution < -0.4 is 24.3 Å². The molecule has 1 atom stereocenters. The van der Waals surface area contributed by atoms with Crippen LogP contribution in [0.5, 0.6) is 28.9 Å². The van der Waals surface area contributed by atoms with E-state index in [-0.39, 0.29) is 5.92 Å². The molecule has 0 saturated carbocycles. The maximum absolute atomic E-state index is 6.50. The lowest BCUT2D eigenvalue weighted by atomic mass is 9.82. The summed E-state index contributed by atoms with van der Waals surface area (Å²) in [5.74, 6) is 3.33. The highest BCUT2D eigenvalue weighted by molar-refractivity contribution is 5.91. The van der Waals surface area contributed by atoms with Gasteiger partial charge in [0.1, 0.15) is 17.9 Å². The van der Waals surface area contributed by atoms with E-state index in [9.17, 15) is 0 Å². The first-order chi connectivity index (χ1) is 18.2. The fourth-order valence-corrected chi connectivity index (χ4v) is 4.95. The Balaban J connectivity index is 1.63. The largest absolute Gasteiger partial charge is 0.493 e. The number of anilines is 2. The van der Waals surface area contributed by atoms with E-state index in [4.69, 9.17) is 18.9 Å². The predicted molar refractivity (Wildman–Crippen MR) is 143 cm³/mol. The smallest absolute Gasteiger partial charge is 0.228 e. The minimum absolute atomic E-state index is 0.274. The van der Waals surface area contributed by atoms with Crippen LogP contribution in [0.25, 0.3) is 10.8 Å².